The molecule has 2 aromatic carbocycles. The minimum atomic E-state index is -0.0892. The normalized spacial score (nSPS) is 14.4. The third-order valence-corrected chi connectivity index (χ3v) is 6.26. The summed E-state index contributed by atoms with van der Waals surface area (Å²) in [7, 11) is 0. The van der Waals surface area contributed by atoms with Crippen LogP contribution in [-0.2, 0) is 4.79 Å². The molecule has 1 aliphatic carbocycles. The first kappa shape index (κ1) is 20.8. The summed E-state index contributed by atoms with van der Waals surface area (Å²) in [6, 6.07) is 15.9. The average Bonchev–Trinajstić information content (AvgIpc) is 3.23. The quantitative estimate of drug-likeness (QED) is 0.480. The highest BCUT2D eigenvalue weighted by molar-refractivity contribution is 7.99. The summed E-state index contributed by atoms with van der Waals surface area (Å²) in [6.45, 7) is 0. The number of thioether (sulfide) groups is 1. The van der Waals surface area contributed by atoms with Gasteiger partial charge in [-0.25, -0.2) is 0 Å². The van der Waals surface area contributed by atoms with E-state index in [4.69, 9.17) is 11.6 Å². The summed E-state index contributed by atoms with van der Waals surface area (Å²) in [5, 5.41) is 15.9. The molecule has 3 aromatic rings. The molecule has 0 aliphatic heterocycles. The fraction of sp³-hybridized carbons (Fsp3) is 0.318. The van der Waals surface area contributed by atoms with Gasteiger partial charge in [-0.2, -0.15) is 0 Å². The van der Waals surface area contributed by atoms with Gasteiger partial charge in [-0.1, -0.05) is 48.7 Å². The largest absolute Gasteiger partial charge is 0.382 e. The van der Waals surface area contributed by atoms with E-state index in [2.05, 4.69) is 20.8 Å². The van der Waals surface area contributed by atoms with Crippen LogP contribution in [0.4, 0.5) is 11.4 Å². The van der Waals surface area contributed by atoms with Crippen LogP contribution in [0.25, 0.3) is 5.69 Å². The number of nitrogens with one attached hydrogen (secondary N) is 2. The number of carbonyl (C=O) groups excluding carboxylic acids is 1. The summed E-state index contributed by atoms with van der Waals surface area (Å²) in [5.41, 5.74) is 2.74. The molecule has 30 heavy (non-hydrogen) atoms. The monoisotopic (exact) mass is 441 g/mol. The molecule has 1 amide bonds. The van der Waals surface area contributed by atoms with Crippen molar-refractivity contribution in [3.8, 4) is 5.69 Å². The summed E-state index contributed by atoms with van der Waals surface area (Å²) >= 11 is 7.40. The van der Waals surface area contributed by atoms with Gasteiger partial charge in [0.25, 0.3) is 0 Å². The Morgan fingerprint density at radius 2 is 1.87 bits per heavy atom. The molecule has 6 nitrogen and oxygen atoms in total. The SMILES string of the molecule is O=C(CSc1nncn1-c1cccc(Cl)c1)Nc1ccc(NC2CCCCC2)cc1. The van der Waals surface area contributed by atoms with Crippen LogP contribution < -0.4 is 10.6 Å². The smallest absolute Gasteiger partial charge is 0.234 e. The molecular formula is C22H24ClN5OS. The first-order valence-electron chi connectivity index (χ1n) is 10.1. The number of hydrogen-bond acceptors (Lipinski definition) is 5. The molecule has 1 aliphatic rings. The van der Waals surface area contributed by atoms with Gasteiger partial charge in [0, 0.05) is 22.4 Å². The topological polar surface area (TPSA) is 71.8 Å². The third kappa shape index (κ3) is 5.55. The van der Waals surface area contributed by atoms with Crippen LogP contribution in [0.3, 0.4) is 0 Å². The van der Waals surface area contributed by atoms with E-state index in [0.717, 1.165) is 17.1 Å². The number of amides is 1. The van der Waals surface area contributed by atoms with E-state index in [0.29, 0.717) is 16.2 Å². The predicted octanol–water partition coefficient (Wildman–Crippen LogP) is 5.40. The first-order valence-corrected chi connectivity index (χ1v) is 11.5. The zero-order valence-corrected chi connectivity index (χ0v) is 18.1. The number of benzene rings is 2. The maximum atomic E-state index is 12.4. The molecule has 0 bridgehead atoms. The summed E-state index contributed by atoms with van der Waals surface area (Å²) < 4.78 is 1.82. The van der Waals surface area contributed by atoms with E-state index in [9.17, 15) is 4.79 Å². The van der Waals surface area contributed by atoms with Crippen molar-refractivity contribution in [2.75, 3.05) is 16.4 Å². The highest BCUT2D eigenvalue weighted by Gasteiger charge is 2.13. The second-order valence-corrected chi connectivity index (χ2v) is 8.74. The van der Waals surface area contributed by atoms with Crippen molar-refractivity contribution < 1.29 is 4.79 Å². The van der Waals surface area contributed by atoms with Gasteiger partial charge in [-0.15, -0.1) is 10.2 Å². The van der Waals surface area contributed by atoms with Crippen molar-refractivity contribution in [1.82, 2.24) is 14.8 Å². The molecule has 4 rings (SSSR count). The van der Waals surface area contributed by atoms with Crippen molar-refractivity contribution >= 4 is 40.6 Å². The average molecular weight is 442 g/mol. The molecule has 2 N–H and O–H groups in total. The molecule has 0 saturated heterocycles. The number of aromatic nitrogens is 3. The molecule has 156 valence electrons. The Morgan fingerprint density at radius 3 is 2.63 bits per heavy atom. The van der Waals surface area contributed by atoms with Crippen LogP contribution in [0.1, 0.15) is 32.1 Å². The lowest BCUT2D eigenvalue weighted by Gasteiger charge is -2.23. The van der Waals surface area contributed by atoms with Gasteiger partial charge in [-0.3, -0.25) is 9.36 Å². The lowest BCUT2D eigenvalue weighted by atomic mass is 9.95. The molecule has 0 spiro atoms. The Labute approximate surface area is 185 Å². The molecular weight excluding hydrogens is 418 g/mol. The summed E-state index contributed by atoms with van der Waals surface area (Å²) in [4.78, 5) is 12.4. The fourth-order valence-electron chi connectivity index (χ4n) is 3.59. The Bertz CT molecular complexity index is 985. The maximum Gasteiger partial charge on any atom is 0.234 e. The zero-order chi connectivity index (χ0) is 20.8. The molecule has 1 saturated carbocycles. The standard InChI is InChI=1S/C22H24ClN5OS/c23-16-5-4-8-20(13-16)28-15-24-27-22(28)30-14-21(29)26-19-11-9-18(10-12-19)25-17-6-2-1-3-7-17/h4-5,8-13,15,17,25H,1-3,6-7,14H2,(H,26,29). The van der Waals surface area contributed by atoms with Crippen LogP contribution in [0.5, 0.6) is 0 Å². The van der Waals surface area contributed by atoms with E-state index in [-0.39, 0.29) is 11.7 Å². The third-order valence-electron chi connectivity index (χ3n) is 5.08. The Hall–Kier alpha value is -2.51. The van der Waals surface area contributed by atoms with Crippen LogP contribution in [0, 0.1) is 0 Å². The van der Waals surface area contributed by atoms with E-state index < -0.39 is 0 Å². The summed E-state index contributed by atoms with van der Waals surface area (Å²) in [5.74, 6) is 0.148. The maximum absolute atomic E-state index is 12.4. The molecule has 8 heteroatoms. The number of nitrogens with zero attached hydrogens (tertiary/aromatic N) is 3. The first-order chi connectivity index (χ1) is 14.7. The van der Waals surface area contributed by atoms with Crippen molar-refractivity contribution in [2.45, 2.75) is 43.3 Å². The van der Waals surface area contributed by atoms with Crippen molar-refractivity contribution in [3.63, 3.8) is 0 Å². The number of halogens is 1. The van der Waals surface area contributed by atoms with Gasteiger partial charge in [-0.05, 0) is 55.3 Å². The number of rotatable bonds is 7. The highest BCUT2D eigenvalue weighted by Crippen LogP contribution is 2.24. The Morgan fingerprint density at radius 1 is 1.10 bits per heavy atom. The lowest BCUT2D eigenvalue weighted by molar-refractivity contribution is -0.113. The van der Waals surface area contributed by atoms with E-state index in [1.165, 1.54) is 43.9 Å². The van der Waals surface area contributed by atoms with Crippen LogP contribution >= 0.6 is 23.4 Å². The second kappa shape index (κ2) is 10.00. The van der Waals surface area contributed by atoms with Gasteiger partial charge in [0.1, 0.15) is 6.33 Å². The molecule has 1 heterocycles. The lowest BCUT2D eigenvalue weighted by Crippen LogP contribution is -2.22. The Kier molecular flexibility index (Phi) is 6.92. The number of hydrogen-bond donors (Lipinski definition) is 2. The van der Waals surface area contributed by atoms with Crippen molar-refractivity contribution in [1.29, 1.82) is 0 Å². The number of carbonyl (C=O) groups is 1. The summed E-state index contributed by atoms with van der Waals surface area (Å²) in [6.07, 6.45) is 8.02. The van der Waals surface area contributed by atoms with Gasteiger partial charge >= 0.3 is 0 Å². The number of anilines is 2. The molecule has 0 unspecified atom stereocenters. The van der Waals surface area contributed by atoms with Gasteiger partial charge < -0.3 is 10.6 Å². The molecule has 1 fully saturated rings. The van der Waals surface area contributed by atoms with Crippen molar-refractivity contribution in [2.24, 2.45) is 0 Å². The zero-order valence-electron chi connectivity index (χ0n) is 16.6. The highest BCUT2D eigenvalue weighted by atomic mass is 35.5. The molecule has 0 atom stereocenters. The van der Waals surface area contributed by atoms with Gasteiger partial charge in [0.05, 0.1) is 11.4 Å². The molecule has 1 aromatic heterocycles. The van der Waals surface area contributed by atoms with Gasteiger partial charge in [0.2, 0.25) is 5.91 Å². The van der Waals surface area contributed by atoms with Crippen molar-refractivity contribution in [3.05, 3.63) is 59.9 Å². The van der Waals surface area contributed by atoms with E-state index >= 15 is 0 Å². The second-order valence-electron chi connectivity index (χ2n) is 7.36. The van der Waals surface area contributed by atoms with Crippen LogP contribution in [0.15, 0.2) is 60.0 Å². The minimum Gasteiger partial charge on any atom is -0.382 e. The van der Waals surface area contributed by atoms with Crippen LogP contribution in [-0.4, -0.2) is 32.5 Å². The molecule has 0 radical (unpaired) electrons. The van der Waals surface area contributed by atoms with Gasteiger partial charge in [0.15, 0.2) is 5.16 Å². The van der Waals surface area contributed by atoms with E-state index in [1.54, 1.807) is 6.33 Å². The fourth-order valence-corrected chi connectivity index (χ4v) is 4.50. The minimum absolute atomic E-state index is 0.0892. The van der Waals surface area contributed by atoms with Crippen LogP contribution in [0.2, 0.25) is 5.02 Å². The van der Waals surface area contributed by atoms with E-state index in [1.807, 2.05) is 53.1 Å². The predicted molar refractivity (Wildman–Crippen MR) is 123 cm³/mol. The Balaban J connectivity index is 1.30.